The van der Waals surface area contributed by atoms with Crippen LogP contribution in [0, 0.1) is 11.3 Å². The van der Waals surface area contributed by atoms with Crippen molar-refractivity contribution >= 4 is 40.8 Å². The molecule has 1 saturated carbocycles. The predicted octanol–water partition coefficient (Wildman–Crippen LogP) is 3.62. The molecular formula is C29H39ClN4O5. The maximum absolute atomic E-state index is 13.7. The van der Waals surface area contributed by atoms with Crippen LogP contribution in [0.5, 0.6) is 0 Å². The Labute approximate surface area is 235 Å². The van der Waals surface area contributed by atoms with E-state index in [0.717, 1.165) is 18.4 Å². The molecule has 1 aromatic carbocycles. The van der Waals surface area contributed by atoms with Gasteiger partial charge in [0.25, 0.3) is 5.91 Å². The number of Topliss-reactive ketones (excluding diaryl/α,β-unsaturated/α-hetero) is 1. The second-order valence-electron chi connectivity index (χ2n) is 12.2. The fourth-order valence-corrected chi connectivity index (χ4v) is 5.23. The lowest BCUT2D eigenvalue weighted by molar-refractivity contribution is -0.145. The van der Waals surface area contributed by atoms with Crippen LogP contribution in [0.3, 0.4) is 0 Å². The van der Waals surface area contributed by atoms with Crippen molar-refractivity contribution in [2.75, 3.05) is 6.54 Å². The number of rotatable bonds is 9. The minimum absolute atomic E-state index is 0.0364. The number of likely N-dealkylation sites (tertiary alicyclic amines) is 1. The number of carbonyl (C=O) groups is 4. The molecule has 2 fully saturated rings. The van der Waals surface area contributed by atoms with Crippen LogP contribution in [0.4, 0.5) is 0 Å². The Hall–Kier alpha value is -2.94. The molecule has 0 unspecified atom stereocenters. The fourth-order valence-electron chi connectivity index (χ4n) is 5.04. The SMILES string of the molecule is CCC[C@H](NC(=O)[C@@H]1C[C@]2(CC(c3cccc(Cl)c3)=NO2)CN1C(=O)[C@@H](C)C(C)(C)C)C(=O)C(=O)NC1CC1. The molecule has 10 heteroatoms. The first kappa shape index (κ1) is 29.1. The summed E-state index contributed by atoms with van der Waals surface area (Å²) < 4.78 is 0. The molecule has 9 nitrogen and oxygen atoms in total. The Bertz CT molecular complexity index is 1170. The van der Waals surface area contributed by atoms with Crippen molar-refractivity contribution in [2.24, 2.45) is 16.5 Å². The van der Waals surface area contributed by atoms with Gasteiger partial charge >= 0.3 is 0 Å². The third kappa shape index (κ3) is 6.62. The first-order valence-corrected chi connectivity index (χ1v) is 14.2. The fraction of sp³-hybridized carbons (Fsp3) is 0.621. The van der Waals surface area contributed by atoms with E-state index in [1.807, 2.05) is 46.8 Å². The summed E-state index contributed by atoms with van der Waals surface area (Å²) in [4.78, 5) is 60.4. The maximum Gasteiger partial charge on any atom is 0.289 e. The van der Waals surface area contributed by atoms with Gasteiger partial charge in [-0.1, -0.05) is 69.9 Å². The van der Waals surface area contributed by atoms with Gasteiger partial charge in [0.15, 0.2) is 5.60 Å². The van der Waals surface area contributed by atoms with E-state index in [9.17, 15) is 19.2 Å². The topological polar surface area (TPSA) is 117 Å². The predicted molar refractivity (Wildman–Crippen MR) is 148 cm³/mol. The zero-order chi connectivity index (χ0) is 28.5. The molecule has 0 bridgehead atoms. The van der Waals surface area contributed by atoms with Crippen molar-refractivity contribution in [1.29, 1.82) is 0 Å². The van der Waals surface area contributed by atoms with E-state index < -0.39 is 35.3 Å². The van der Waals surface area contributed by atoms with Gasteiger partial charge < -0.3 is 20.4 Å². The van der Waals surface area contributed by atoms with E-state index in [1.165, 1.54) is 0 Å². The molecule has 212 valence electrons. The molecule has 4 rings (SSSR count). The van der Waals surface area contributed by atoms with Crippen LogP contribution in [0.25, 0.3) is 0 Å². The van der Waals surface area contributed by atoms with Crippen LogP contribution in [-0.2, 0) is 24.0 Å². The maximum atomic E-state index is 13.7. The number of hydrogen-bond donors (Lipinski definition) is 2. The Morgan fingerprint density at radius 2 is 1.95 bits per heavy atom. The summed E-state index contributed by atoms with van der Waals surface area (Å²) in [6, 6.07) is 5.52. The van der Waals surface area contributed by atoms with E-state index in [-0.39, 0.29) is 36.2 Å². The van der Waals surface area contributed by atoms with E-state index in [1.54, 1.807) is 17.0 Å². The molecule has 4 atom stereocenters. The van der Waals surface area contributed by atoms with Crippen LogP contribution in [0.1, 0.15) is 78.7 Å². The lowest BCUT2D eigenvalue weighted by atomic mass is 9.81. The molecule has 3 aliphatic rings. The van der Waals surface area contributed by atoms with Crippen LogP contribution in [0.15, 0.2) is 29.4 Å². The summed E-state index contributed by atoms with van der Waals surface area (Å²) in [5.41, 5.74) is 0.323. The molecule has 1 aliphatic carbocycles. The van der Waals surface area contributed by atoms with Crippen molar-refractivity contribution in [3.05, 3.63) is 34.9 Å². The first-order chi connectivity index (χ1) is 18.3. The Morgan fingerprint density at radius 3 is 2.56 bits per heavy atom. The normalized spacial score (nSPS) is 24.1. The van der Waals surface area contributed by atoms with Crippen LogP contribution < -0.4 is 10.6 Å². The van der Waals surface area contributed by atoms with Gasteiger partial charge in [-0.3, -0.25) is 19.2 Å². The van der Waals surface area contributed by atoms with E-state index in [4.69, 9.17) is 16.4 Å². The standard InChI is InChI=1S/C29H39ClN4O5/c1-6-8-21(24(35)26(37)31-20-11-12-20)32-25(36)23-15-29(16-34(23)27(38)17(2)28(3,4)5)14-22(33-39-29)18-9-7-10-19(30)13-18/h7,9-10,13,17,20-21,23H,6,8,11-12,14-16H2,1-5H3,(H,31,37)(H,32,36)/t17-,21+,23+,29-/m1/s1. The summed E-state index contributed by atoms with van der Waals surface area (Å²) in [6.07, 6.45) is 3.27. The van der Waals surface area contributed by atoms with Gasteiger partial charge in [-0.15, -0.1) is 0 Å². The Morgan fingerprint density at radius 1 is 1.23 bits per heavy atom. The minimum Gasteiger partial charge on any atom is -0.387 e. The summed E-state index contributed by atoms with van der Waals surface area (Å²) in [5, 5.41) is 10.4. The molecule has 2 aliphatic heterocycles. The molecular weight excluding hydrogens is 520 g/mol. The lowest BCUT2D eigenvalue weighted by Crippen LogP contribution is -2.54. The van der Waals surface area contributed by atoms with E-state index >= 15 is 0 Å². The Kier molecular flexibility index (Phi) is 8.40. The monoisotopic (exact) mass is 558 g/mol. The van der Waals surface area contributed by atoms with Gasteiger partial charge in [0, 0.05) is 35.4 Å². The van der Waals surface area contributed by atoms with Gasteiger partial charge in [-0.05, 0) is 36.8 Å². The van der Waals surface area contributed by atoms with E-state index in [0.29, 0.717) is 30.0 Å². The highest BCUT2D eigenvalue weighted by atomic mass is 35.5. The van der Waals surface area contributed by atoms with Crippen LogP contribution >= 0.6 is 11.6 Å². The van der Waals surface area contributed by atoms with Gasteiger partial charge in [-0.25, -0.2) is 0 Å². The number of nitrogens with one attached hydrogen (secondary N) is 2. The summed E-state index contributed by atoms with van der Waals surface area (Å²) >= 11 is 6.18. The van der Waals surface area contributed by atoms with E-state index in [2.05, 4.69) is 15.8 Å². The van der Waals surface area contributed by atoms with Crippen molar-refractivity contribution in [3.8, 4) is 0 Å². The van der Waals surface area contributed by atoms with Gasteiger partial charge in [-0.2, -0.15) is 0 Å². The zero-order valence-corrected chi connectivity index (χ0v) is 24.1. The van der Waals surface area contributed by atoms with Crippen molar-refractivity contribution in [1.82, 2.24) is 15.5 Å². The Balaban J connectivity index is 1.55. The van der Waals surface area contributed by atoms with Crippen molar-refractivity contribution < 1.29 is 24.0 Å². The number of carbonyl (C=O) groups excluding carboxylic acids is 4. The number of oxime groups is 1. The van der Waals surface area contributed by atoms with Crippen LogP contribution in [0.2, 0.25) is 5.02 Å². The molecule has 3 amide bonds. The molecule has 39 heavy (non-hydrogen) atoms. The van der Waals surface area contributed by atoms with Gasteiger partial charge in [0.05, 0.1) is 18.3 Å². The van der Waals surface area contributed by atoms with Crippen molar-refractivity contribution in [2.45, 2.75) is 96.9 Å². The van der Waals surface area contributed by atoms with Crippen LogP contribution in [-0.4, -0.2) is 64.4 Å². The molecule has 2 heterocycles. The average Bonchev–Trinajstić information content (AvgIpc) is 3.47. The average molecular weight is 559 g/mol. The third-order valence-corrected chi connectivity index (χ3v) is 8.23. The number of benzene rings is 1. The highest BCUT2D eigenvalue weighted by molar-refractivity contribution is 6.38. The summed E-state index contributed by atoms with van der Waals surface area (Å²) in [5.74, 6) is -2.33. The number of nitrogens with zero attached hydrogens (tertiary/aromatic N) is 2. The quantitative estimate of drug-likeness (QED) is 0.449. The van der Waals surface area contributed by atoms with Gasteiger partial charge in [0.2, 0.25) is 17.6 Å². The summed E-state index contributed by atoms with van der Waals surface area (Å²) in [7, 11) is 0. The minimum atomic E-state index is -0.961. The number of ketones is 1. The smallest absolute Gasteiger partial charge is 0.289 e. The summed E-state index contributed by atoms with van der Waals surface area (Å²) in [6.45, 7) is 9.88. The number of hydrogen-bond acceptors (Lipinski definition) is 6. The molecule has 2 N–H and O–H groups in total. The number of amides is 3. The first-order valence-electron chi connectivity index (χ1n) is 13.8. The molecule has 1 aromatic rings. The number of halogens is 1. The largest absolute Gasteiger partial charge is 0.387 e. The molecule has 1 spiro atoms. The zero-order valence-electron chi connectivity index (χ0n) is 23.4. The third-order valence-electron chi connectivity index (χ3n) is 8.00. The highest BCUT2D eigenvalue weighted by Gasteiger charge is 2.55. The lowest BCUT2D eigenvalue weighted by Gasteiger charge is -2.33. The van der Waals surface area contributed by atoms with Gasteiger partial charge in [0.1, 0.15) is 6.04 Å². The molecule has 1 saturated heterocycles. The molecule has 0 radical (unpaired) electrons. The molecule has 0 aromatic heterocycles. The van der Waals surface area contributed by atoms with Crippen molar-refractivity contribution in [3.63, 3.8) is 0 Å². The highest BCUT2D eigenvalue weighted by Crippen LogP contribution is 2.41. The second-order valence-corrected chi connectivity index (χ2v) is 12.7. The second kappa shape index (κ2) is 11.3.